The van der Waals surface area contributed by atoms with Crippen LogP contribution in [0.2, 0.25) is 0 Å². The topological polar surface area (TPSA) is 66.0 Å². The highest BCUT2D eigenvalue weighted by Crippen LogP contribution is 2.22. The van der Waals surface area contributed by atoms with Crippen LogP contribution in [0.1, 0.15) is 31.1 Å². The molecule has 0 saturated carbocycles. The second-order valence-corrected chi connectivity index (χ2v) is 4.48. The van der Waals surface area contributed by atoms with Crippen LogP contribution in [0.4, 0.5) is 0 Å². The van der Waals surface area contributed by atoms with E-state index in [9.17, 15) is 0 Å². The van der Waals surface area contributed by atoms with Gasteiger partial charge in [0.05, 0.1) is 18.3 Å². The molecule has 0 radical (unpaired) electrons. The van der Waals surface area contributed by atoms with Crippen LogP contribution < -0.4 is 10.5 Å². The monoisotopic (exact) mass is 246 g/mol. The molecule has 0 aliphatic rings. The number of nitrogens with zero attached hydrogens (tertiary/aromatic N) is 3. The van der Waals surface area contributed by atoms with E-state index in [-0.39, 0.29) is 12.1 Å². The van der Waals surface area contributed by atoms with Crippen molar-refractivity contribution in [2.45, 2.75) is 26.0 Å². The first kappa shape index (κ1) is 12.6. The minimum absolute atomic E-state index is 0.146. The van der Waals surface area contributed by atoms with Crippen molar-refractivity contribution in [3.63, 3.8) is 0 Å². The van der Waals surface area contributed by atoms with E-state index >= 15 is 0 Å². The van der Waals surface area contributed by atoms with Gasteiger partial charge in [-0.1, -0.05) is 12.1 Å². The number of aromatic nitrogens is 3. The maximum absolute atomic E-state index is 6.16. The predicted octanol–water partition coefficient (Wildman–Crippen LogP) is 1.65. The summed E-state index contributed by atoms with van der Waals surface area (Å²) in [6.07, 6.45) is 1.83. The molecule has 1 aromatic carbocycles. The molecule has 1 aromatic heterocycles. The van der Waals surface area contributed by atoms with E-state index in [2.05, 4.69) is 10.2 Å². The molecule has 0 aliphatic heterocycles. The van der Waals surface area contributed by atoms with Gasteiger partial charge in [-0.3, -0.25) is 0 Å². The zero-order valence-corrected chi connectivity index (χ0v) is 10.9. The van der Waals surface area contributed by atoms with E-state index in [1.54, 1.807) is 13.2 Å². The second kappa shape index (κ2) is 5.18. The summed E-state index contributed by atoms with van der Waals surface area (Å²) in [5, 5.41) is 8.25. The highest BCUT2D eigenvalue weighted by atomic mass is 16.5. The molecule has 0 bridgehead atoms. The summed E-state index contributed by atoms with van der Waals surface area (Å²) in [6, 6.07) is 7.48. The molecule has 0 aliphatic carbocycles. The van der Waals surface area contributed by atoms with Gasteiger partial charge in [0.15, 0.2) is 0 Å². The van der Waals surface area contributed by atoms with Crippen LogP contribution in [0, 0.1) is 0 Å². The lowest BCUT2D eigenvalue weighted by atomic mass is 10.1. The van der Waals surface area contributed by atoms with Gasteiger partial charge in [-0.15, -0.1) is 0 Å². The van der Waals surface area contributed by atoms with E-state index in [0.717, 1.165) is 17.0 Å². The lowest BCUT2D eigenvalue weighted by Gasteiger charge is -2.13. The Kier molecular flexibility index (Phi) is 3.62. The summed E-state index contributed by atoms with van der Waals surface area (Å²) in [4.78, 5) is 1.50. The van der Waals surface area contributed by atoms with Crippen molar-refractivity contribution >= 4 is 0 Å². The molecule has 5 nitrogen and oxygen atoms in total. The molecule has 96 valence electrons. The third-order valence-electron chi connectivity index (χ3n) is 2.52. The van der Waals surface area contributed by atoms with Gasteiger partial charge in [-0.25, -0.2) is 0 Å². The summed E-state index contributed by atoms with van der Waals surface area (Å²) in [6.45, 7) is 3.99. The summed E-state index contributed by atoms with van der Waals surface area (Å²) < 4.78 is 5.65. The Balaban J connectivity index is 2.22. The van der Waals surface area contributed by atoms with Gasteiger partial charge in [0.2, 0.25) is 0 Å². The lowest BCUT2D eigenvalue weighted by Crippen LogP contribution is -2.13. The van der Waals surface area contributed by atoms with Gasteiger partial charge in [0, 0.05) is 7.05 Å². The van der Waals surface area contributed by atoms with Crippen molar-refractivity contribution < 1.29 is 4.74 Å². The molecule has 5 heteroatoms. The molecule has 1 atom stereocenters. The number of benzene rings is 1. The van der Waals surface area contributed by atoms with Crippen molar-refractivity contribution in [1.29, 1.82) is 0 Å². The van der Waals surface area contributed by atoms with Crippen LogP contribution in [0.25, 0.3) is 0 Å². The van der Waals surface area contributed by atoms with Gasteiger partial charge in [0.25, 0.3) is 0 Å². The van der Waals surface area contributed by atoms with Crippen LogP contribution in [0.5, 0.6) is 5.75 Å². The number of nitrogens with two attached hydrogens (primary N) is 1. The first-order valence-corrected chi connectivity index (χ1v) is 5.94. The Hall–Kier alpha value is -1.88. The van der Waals surface area contributed by atoms with Crippen molar-refractivity contribution in [2.75, 3.05) is 0 Å². The van der Waals surface area contributed by atoms with E-state index < -0.39 is 0 Å². The molecule has 0 saturated heterocycles. The maximum Gasteiger partial charge on any atom is 0.120 e. The van der Waals surface area contributed by atoms with E-state index in [1.807, 2.05) is 38.1 Å². The van der Waals surface area contributed by atoms with Gasteiger partial charge in [-0.2, -0.15) is 15.0 Å². The molecule has 2 N–H and O–H groups in total. The molecule has 0 spiro atoms. The molecule has 2 rings (SSSR count). The largest absolute Gasteiger partial charge is 0.491 e. The molecule has 0 fully saturated rings. The Morgan fingerprint density at radius 1 is 1.33 bits per heavy atom. The zero-order valence-electron chi connectivity index (χ0n) is 10.9. The number of hydrogen-bond acceptors (Lipinski definition) is 4. The minimum Gasteiger partial charge on any atom is -0.491 e. The second-order valence-electron chi connectivity index (χ2n) is 4.48. The van der Waals surface area contributed by atoms with Gasteiger partial charge in [0.1, 0.15) is 11.4 Å². The number of ether oxygens (including phenoxy) is 1. The van der Waals surface area contributed by atoms with E-state index in [4.69, 9.17) is 10.5 Å². The molecule has 1 unspecified atom stereocenters. The van der Waals surface area contributed by atoms with Crippen LogP contribution in [0.15, 0.2) is 30.5 Å². The van der Waals surface area contributed by atoms with Crippen molar-refractivity contribution in [2.24, 2.45) is 12.8 Å². The smallest absolute Gasteiger partial charge is 0.120 e. The Bertz CT molecular complexity index is 521. The van der Waals surface area contributed by atoms with Gasteiger partial charge in [-0.05, 0) is 31.5 Å². The first-order valence-electron chi connectivity index (χ1n) is 5.94. The average molecular weight is 246 g/mol. The van der Waals surface area contributed by atoms with Gasteiger partial charge < -0.3 is 10.5 Å². The summed E-state index contributed by atoms with van der Waals surface area (Å²) in [7, 11) is 1.77. The molecular weight excluding hydrogens is 228 g/mol. The molecule has 1 heterocycles. The van der Waals surface area contributed by atoms with Gasteiger partial charge >= 0.3 is 0 Å². The maximum atomic E-state index is 6.16. The predicted molar refractivity (Wildman–Crippen MR) is 69.2 cm³/mol. The molecular formula is C13H18N4O. The minimum atomic E-state index is -0.283. The van der Waals surface area contributed by atoms with Crippen LogP contribution in [-0.2, 0) is 7.05 Å². The molecule has 0 amide bonds. The van der Waals surface area contributed by atoms with E-state index in [1.165, 1.54) is 4.80 Å². The van der Waals surface area contributed by atoms with Crippen LogP contribution in [-0.4, -0.2) is 21.1 Å². The lowest BCUT2D eigenvalue weighted by molar-refractivity contribution is 0.242. The van der Waals surface area contributed by atoms with Crippen LogP contribution >= 0.6 is 0 Å². The number of aryl methyl sites for hydroxylation is 1. The average Bonchev–Trinajstić information content (AvgIpc) is 2.74. The summed E-state index contributed by atoms with van der Waals surface area (Å²) in [5.74, 6) is 0.821. The number of hydrogen-bond donors (Lipinski definition) is 1. The Morgan fingerprint density at radius 2 is 2.11 bits per heavy atom. The summed E-state index contributed by atoms with van der Waals surface area (Å²) >= 11 is 0. The fraction of sp³-hybridized carbons (Fsp3) is 0.385. The quantitative estimate of drug-likeness (QED) is 0.890. The zero-order chi connectivity index (χ0) is 13.1. The first-order chi connectivity index (χ1) is 8.56. The molecule has 2 aromatic rings. The highest BCUT2D eigenvalue weighted by Gasteiger charge is 2.13. The third kappa shape index (κ3) is 2.87. The fourth-order valence-electron chi connectivity index (χ4n) is 1.73. The SMILES string of the molecule is CC(C)Oc1cccc(C(N)c2cnn(C)n2)c1. The highest BCUT2D eigenvalue weighted by molar-refractivity contribution is 5.33. The third-order valence-corrected chi connectivity index (χ3v) is 2.52. The normalized spacial score (nSPS) is 12.7. The standard InChI is InChI=1S/C13H18N4O/c1-9(2)18-11-6-4-5-10(7-11)13(14)12-8-15-17(3)16-12/h4-9,13H,14H2,1-3H3. The van der Waals surface area contributed by atoms with Crippen molar-refractivity contribution in [1.82, 2.24) is 15.0 Å². The molecule has 18 heavy (non-hydrogen) atoms. The van der Waals surface area contributed by atoms with Crippen molar-refractivity contribution in [3.8, 4) is 5.75 Å². The van der Waals surface area contributed by atoms with Crippen LogP contribution in [0.3, 0.4) is 0 Å². The Labute approximate surface area is 107 Å². The van der Waals surface area contributed by atoms with Crippen molar-refractivity contribution in [3.05, 3.63) is 41.7 Å². The van der Waals surface area contributed by atoms with E-state index in [0.29, 0.717) is 0 Å². The summed E-state index contributed by atoms with van der Waals surface area (Å²) in [5.41, 5.74) is 7.87. The fourth-order valence-corrected chi connectivity index (χ4v) is 1.73. The number of rotatable bonds is 4. The Morgan fingerprint density at radius 3 is 2.72 bits per heavy atom.